The van der Waals surface area contributed by atoms with Gasteiger partial charge < -0.3 is 59.2 Å². The molecule has 4 N–H and O–H groups in total. The van der Waals surface area contributed by atoms with Crippen molar-refractivity contribution in [3.63, 3.8) is 0 Å². The van der Waals surface area contributed by atoms with Crippen LogP contribution in [-0.2, 0) is 53.1 Å². The van der Waals surface area contributed by atoms with Crippen LogP contribution in [-0.4, -0.2) is 166 Å². The fourth-order valence-corrected chi connectivity index (χ4v) is 14.1. The summed E-state index contributed by atoms with van der Waals surface area (Å²) >= 11 is 0. The van der Waals surface area contributed by atoms with Crippen LogP contribution in [0.5, 0.6) is 23.0 Å². The lowest BCUT2D eigenvalue weighted by Gasteiger charge is -2.31. The van der Waals surface area contributed by atoms with Crippen molar-refractivity contribution >= 4 is 76.3 Å². The number of ketones is 3. The second-order valence-corrected chi connectivity index (χ2v) is 27.9. The van der Waals surface area contributed by atoms with Gasteiger partial charge in [-0.05, 0) is 98.2 Å². The monoisotopic (exact) mass is 1410 g/mol. The largest absolute Gasteiger partial charge is 0.493 e. The van der Waals surface area contributed by atoms with Crippen molar-refractivity contribution in [2.24, 2.45) is 22.2 Å². The summed E-state index contributed by atoms with van der Waals surface area (Å²) in [5.41, 5.74) is 7.35. The van der Waals surface area contributed by atoms with Gasteiger partial charge in [0.25, 0.3) is 11.8 Å². The molecule has 0 bridgehead atoms. The van der Waals surface area contributed by atoms with Crippen LogP contribution in [0.1, 0.15) is 142 Å². The standard InChI is InChI=1S/C77H86N10O16/c1-44(2)56(31-53(90)38-79-68(92)23-21-52(89)22-24-69(93)84-40-50-13-8-9-14-54(50)71-70(81-82-87(71)45(3)4)55-15-10-11-16-60(55)84)72(94)80-46(5)63(91)30-47-17-19-48(20-18-47)42-103-76(98)86-61-35-67(65(100-7)33-58(61)74(96)85-43-77(25-26-77)36-62(85)75(86)97)102-28-12-27-101-66-34-59-57(32-64(66)99-6)73(95)83-39-49(41-88)29-51(83)37-78-59/h8-11,13-20,32-35,37,39,44-46,51,56,62,75,88,97H,12,21-31,36,38,40-43H2,1-7H3,(H,79,92)(H,80,94)/t46-,51-,56-,62-,75?/m0/s1. The maximum atomic E-state index is 14.5. The number of rotatable bonds is 28. The highest BCUT2D eigenvalue weighted by Gasteiger charge is 2.58. The first-order valence-electron chi connectivity index (χ1n) is 35.0. The lowest BCUT2D eigenvalue weighted by molar-refractivity contribution is -0.133. The number of aliphatic hydroxyl groups is 2. The zero-order valence-corrected chi connectivity index (χ0v) is 58.8. The molecule has 5 atom stereocenters. The number of nitrogens with zero attached hydrogens (tertiary/aromatic N) is 8. The number of amides is 6. The summed E-state index contributed by atoms with van der Waals surface area (Å²) in [6.07, 6.45) is 3.16. The van der Waals surface area contributed by atoms with Gasteiger partial charge in [0, 0.05) is 99.1 Å². The van der Waals surface area contributed by atoms with E-state index < -0.39 is 47.9 Å². The van der Waals surface area contributed by atoms with Crippen molar-refractivity contribution in [3.05, 3.63) is 137 Å². The van der Waals surface area contributed by atoms with Crippen LogP contribution in [0.4, 0.5) is 21.9 Å². The Morgan fingerprint density at radius 3 is 2.12 bits per heavy atom. The fourth-order valence-electron chi connectivity index (χ4n) is 14.1. The molecule has 12 rings (SSSR count). The van der Waals surface area contributed by atoms with E-state index in [9.17, 15) is 53.4 Å². The van der Waals surface area contributed by atoms with Crippen LogP contribution >= 0.6 is 0 Å². The van der Waals surface area contributed by atoms with Crippen molar-refractivity contribution in [2.75, 3.05) is 56.9 Å². The van der Waals surface area contributed by atoms with E-state index >= 15 is 0 Å². The van der Waals surface area contributed by atoms with Gasteiger partial charge in [-0.3, -0.25) is 43.3 Å². The summed E-state index contributed by atoms with van der Waals surface area (Å²) in [4.78, 5) is 134. The quantitative estimate of drug-likeness (QED) is 0.0333. The molecule has 1 saturated heterocycles. The zero-order valence-electron chi connectivity index (χ0n) is 58.8. The number of carbonyl (C=O) groups excluding carboxylic acids is 9. The van der Waals surface area contributed by atoms with E-state index in [1.807, 2.05) is 67.1 Å². The Balaban J connectivity index is 0.601. The van der Waals surface area contributed by atoms with E-state index in [1.54, 1.807) is 84.3 Å². The first-order valence-corrected chi connectivity index (χ1v) is 35.0. The van der Waals surface area contributed by atoms with Crippen LogP contribution in [0, 0.1) is 17.3 Å². The molecule has 540 valence electrons. The number of fused-ring (bicyclic) bond motifs is 9. The Labute approximate surface area is 596 Å². The van der Waals surface area contributed by atoms with Crippen LogP contribution < -0.4 is 39.4 Å². The van der Waals surface area contributed by atoms with Crippen molar-refractivity contribution in [2.45, 2.75) is 149 Å². The van der Waals surface area contributed by atoms with E-state index in [2.05, 4.69) is 25.9 Å². The third-order valence-electron chi connectivity index (χ3n) is 20.1. The minimum Gasteiger partial charge on any atom is -0.493 e. The maximum Gasteiger partial charge on any atom is 0.416 e. The number of ether oxygens (including phenoxy) is 5. The maximum absolute atomic E-state index is 14.5. The number of anilines is 2. The predicted molar refractivity (Wildman–Crippen MR) is 379 cm³/mol. The van der Waals surface area contributed by atoms with Crippen molar-refractivity contribution in [3.8, 4) is 45.5 Å². The molecule has 6 amide bonds. The van der Waals surface area contributed by atoms with Crippen LogP contribution in [0.15, 0.2) is 114 Å². The highest BCUT2D eigenvalue weighted by Crippen LogP contribution is 2.57. The van der Waals surface area contributed by atoms with E-state index in [0.29, 0.717) is 71.1 Å². The minimum absolute atomic E-state index is 0.0302. The Morgan fingerprint density at radius 1 is 0.738 bits per heavy atom. The van der Waals surface area contributed by atoms with E-state index in [1.165, 1.54) is 26.4 Å². The van der Waals surface area contributed by atoms with E-state index in [0.717, 1.165) is 45.7 Å². The summed E-state index contributed by atoms with van der Waals surface area (Å²) in [5, 5.41) is 36.2. The van der Waals surface area contributed by atoms with Gasteiger partial charge in [-0.15, -0.1) is 5.10 Å². The Kier molecular flexibility index (Phi) is 21.7. The summed E-state index contributed by atoms with van der Waals surface area (Å²) in [6.45, 7) is 9.31. The number of hydrogen-bond acceptors (Lipinski definition) is 19. The number of aromatic nitrogens is 3. The number of aliphatic imine (C=N–C) groups is 1. The highest BCUT2D eigenvalue weighted by molar-refractivity contribution is 6.07. The van der Waals surface area contributed by atoms with Crippen molar-refractivity contribution in [1.82, 2.24) is 35.4 Å². The Morgan fingerprint density at radius 2 is 1.42 bits per heavy atom. The highest BCUT2D eigenvalue weighted by atomic mass is 16.6. The van der Waals surface area contributed by atoms with Gasteiger partial charge in [-0.2, -0.15) is 0 Å². The molecular weight excluding hydrogens is 1320 g/mol. The van der Waals surface area contributed by atoms with Crippen LogP contribution in [0.2, 0.25) is 0 Å². The number of aliphatic hydroxyl groups excluding tert-OH is 2. The predicted octanol–water partition coefficient (Wildman–Crippen LogP) is 8.97. The number of carbonyl (C=O) groups is 9. The van der Waals surface area contributed by atoms with Crippen LogP contribution in [0.25, 0.3) is 22.5 Å². The molecule has 2 fully saturated rings. The van der Waals surface area contributed by atoms with Crippen molar-refractivity contribution < 1.29 is 77.0 Å². The van der Waals surface area contributed by atoms with Crippen molar-refractivity contribution in [1.29, 1.82) is 0 Å². The number of para-hydroxylation sites is 1. The number of methoxy groups -OCH3 is 2. The number of nitrogens with one attached hydrogen (secondary N) is 2. The summed E-state index contributed by atoms with van der Waals surface area (Å²) in [7, 11) is 2.90. The minimum atomic E-state index is -1.49. The number of hydrogen-bond donors (Lipinski definition) is 4. The number of Topliss-reactive ketones (excluding diaryl/α,β-unsaturated/α-hetero) is 3. The van der Waals surface area contributed by atoms with Gasteiger partial charge in [0.15, 0.2) is 40.8 Å². The Bertz CT molecular complexity index is 4370. The molecule has 1 aliphatic carbocycles. The lowest BCUT2D eigenvalue weighted by atomic mass is 9.89. The summed E-state index contributed by atoms with van der Waals surface area (Å²) in [5.74, 6) is -3.06. The van der Waals surface area contributed by atoms with E-state index in [-0.39, 0.29) is 153 Å². The molecule has 1 spiro atoms. The summed E-state index contributed by atoms with van der Waals surface area (Å²) in [6, 6.07) is 26.3. The molecule has 1 saturated carbocycles. The number of benzene rings is 5. The third kappa shape index (κ3) is 15.6. The molecule has 5 aromatic carbocycles. The van der Waals surface area contributed by atoms with Gasteiger partial charge in [-0.1, -0.05) is 85.8 Å². The molecule has 1 unspecified atom stereocenters. The molecule has 6 aromatic rings. The molecule has 6 aliphatic rings. The molecule has 0 radical (unpaired) electrons. The summed E-state index contributed by atoms with van der Waals surface area (Å²) < 4.78 is 31.5. The average molecular weight is 1410 g/mol. The topological polar surface area (TPSA) is 320 Å². The first-order chi connectivity index (χ1) is 49.6. The molecule has 1 aromatic heterocycles. The Hall–Kier alpha value is -10.6. The molecule has 6 heterocycles. The molecule has 26 nitrogen and oxygen atoms in total. The fraction of sp³-hybridized carbons (Fsp3) is 0.429. The van der Waals surface area contributed by atoms with Gasteiger partial charge in [0.2, 0.25) is 17.7 Å². The normalized spacial score (nSPS) is 17.9. The second-order valence-electron chi connectivity index (χ2n) is 27.9. The van der Waals surface area contributed by atoms with Gasteiger partial charge in [-0.25, -0.2) is 14.4 Å². The second kappa shape index (κ2) is 30.9. The smallest absolute Gasteiger partial charge is 0.416 e. The van der Waals surface area contributed by atoms with Crippen LogP contribution in [0.3, 0.4) is 0 Å². The van der Waals surface area contributed by atoms with Gasteiger partial charge in [0.1, 0.15) is 18.1 Å². The lowest BCUT2D eigenvalue weighted by Crippen LogP contribution is -2.50. The first kappa shape index (κ1) is 72.2. The van der Waals surface area contributed by atoms with E-state index in [4.69, 9.17) is 23.7 Å². The average Bonchev–Trinajstić information content (AvgIpc) is 1.58. The molecule has 103 heavy (non-hydrogen) atoms. The SMILES string of the molecule is COc1cc2c(cc1OCCCOc1cc3c(cc1OC)C(=O)N1CC4(CC4)C[C@H]1C(O)N3C(=O)OCc1ccc(CC(=O)[C@H](C)NC(=O)[C@@H](CC(=O)CNC(=O)CCC(=O)CCC(=O)N3Cc4ccccc4-c4c(nnn4C(C)C)-c4ccccc43)C(C)C)cc1)N=C[C@@H]1CC(CO)=CN1C2=O. The molecule has 26 heteroatoms. The molecule has 5 aliphatic heterocycles. The van der Waals surface area contributed by atoms with Gasteiger partial charge in [0.05, 0.1) is 99.1 Å². The third-order valence-corrected chi connectivity index (χ3v) is 20.1. The molecular formula is C77H86N10O16. The zero-order chi connectivity index (χ0) is 73.0. The van der Waals surface area contributed by atoms with Gasteiger partial charge >= 0.3 is 6.09 Å².